The average Bonchev–Trinajstić information content (AvgIpc) is 2.41. The van der Waals surface area contributed by atoms with Crippen LogP contribution in [0, 0.1) is 13.8 Å². The third kappa shape index (κ3) is 4.21. The van der Waals surface area contributed by atoms with Crippen molar-refractivity contribution in [2.75, 3.05) is 6.61 Å². The van der Waals surface area contributed by atoms with Gasteiger partial charge in [0.05, 0.1) is 11.5 Å². The van der Waals surface area contributed by atoms with E-state index < -0.39 is 0 Å². The van der Waals surface area contributed by atoms with E-state index in [1.165, 1.54) is 36.0 Å². The Morgan fingerprint density at radius 3 is 2.79 bits per heavy atom. The molecule has 0 bridgehead atoms. The molecule has 1 aliphatic heterocycles. The lowest BCUT2D eigenvalue weighted by Gasteiger charge is -2.24. The third-order valence-electron chi connectivity index (χ3n) is 3.90. The second-order valence-corrected chi connectivity index (χ2v) is 6.87. The maximum atomic E-state index is 6.58. The average molecular weight is 346 g/mol. The lowest BCUT2D eigenvalue weighted by Crippen LogP contribution is -2.19. The molecule has 106 valence electrons. The Balaban J connectivity index is 1.95. The Morgan fingerprint density at radius 2 is 2.11 bits per heavy atom. The summed E-state index contributed by atoms with van der Waals surface area (Å²) in [5.74, 6) is 0. The predicted octanol–water partition coefficient (Wildman–Crippen LogP) is 5.70. The van der Waals surface area contributed by atoms with Crippen molar-refractivity contribution in [1.82, 2.24) is 0 Å². The highest BCUT2D eigenvalue weighted by atomic mass is 79.9. The van der Waals surface area contributed by atoms with Gasteiger partial charge in [-0.15, -0.1) is 11.6 Å². The molecule has 1 aliphatic rings. The van der Waals surface area contributed by atoms with Crippen molar-refractivity contribution in [3.63, 3.8) is 0 Å². The van der Waals surface area contributed by atoms with Crippen LogP contribution in [0.1, 0.15) is 54.2 Å². The van der Waals surface area contributed by atoms with Crippen LogP contribution in [0.25, 0.3) is 0 Å². The molecular formula is C16H22BrClO. The molecule has 0 N–H and O–H groups in total. The van der Waals surface area contributed by atoms with Crippen molar-refractivity contribution in [2.45, 2.75) is 57.4 Å². The first kappa shape index (κ1) is 15.3. The van der Waals surface area contributed by atoms with E-state index in [0.29, 0.717) is 6.10 Å². The van der Waals surface area contributed by atoms with E-state index in [9.17, 15) is 0 Å². The summed E-state index contributed by atoms with van der Waals surface area (Å²) < 4.78 is 6.93. The van der Waals surface area contributed by atoms with Crippen molar-refractivity contribution in [1.29, 1.82) is 0 Å². The Hall–Kier alpha value is -0.0500. The van der Waals surface area contributed by atoms with Gasteiger partial charge < -0.3 is 4.74 Å². The zero-order chi connectivity index (χ0) is 13.8. The number of benzene rings is 1. The van der Waals surface area contributed by atoms with Gasteiger partial charge in [-0.3, -0.25) is 0 Å². The topological polar surface area (TPSA) is 9.23 Å². The van der Waals surface area contributed by atoms with E-state index in [2.05, 4.69) is 41.9 Å². The largest absolute Gasteiger partial charge is 0.378 e. The van der Waals surface area contributed by atoms with Gasteiger partial charge in [-0.25, -0.2) is 0 Å². The van der Waals surface area contributed by atoms with Crippen LogP contribution in [-0.2, 0) is 4.74 Å². The standard InChI is InChI=1S/C16H22BrClO/c1-11-10-15(17)12(2)9-14(11)16(18)7-6-13-5-3-4-8-19-13/h9-10,13,16H,3-8H2,1-2H3. The summed E-state index contributed by atoms with van der Waals surface area (Å²) in [5, 5.41) is 0.0947. The fourth-order valence-electron chi connectivity index (χ4n) is 2.66. The summed E-state index contributed by atoms with van der Waals surface area (Å²) in [6, 6.07) is 4.37. The highest BCUT2D eigenvalue weighted by Gasteiger charge is 2.18. The molecule has 1 aromatic rings. The molecule has 1 nitrogen and oxygen atoms in total. The van der Waals surface area contributed by atoms with E-state index in [4.69, 9.17) is 16.3 Å². The van der Waals surface area contributed by atoms with Gasteiger partial charge in [0, 0.05) is 11.1 Å². The number of alkyl halides is 1. The van der Waals surface area contributed by atoms with Crippen LogP contribution in [0.3, 0.4) is 0 Å². The number of hydrogen-bond acceptors (Lipinski definition) is 1. The van der Waals surface area contributed by atoms with Crippen LogP contribution in [-0.4, -0.2) is 12.7 Å². The molecule has 1 saturated heterocycles. The number of halogens is 2. The van der Waals surface area contributed by atoms with E-state index in [-0.39, 0.29) is 5.38 Å². The van der Waals surface area contributed by atoms with Crippen molar-refractivity contribution in [3.8, 4) is 0 Å². The molecule has 19 heavy (non-hydrogen) atoms. The molecule has 0 saturated carbocycles. The highest BCUT2D eigenvalue weighted by Crippen LogP contribution is 2.33. The van der Waals surface area contributed by atoms with Crippen LogP contribution in [0.4, 0.5) is 0 Å². The van der Waals surface area contributed by atoms with Crippen LogP contribution in [0.5, 0.6) is 0 Å². The third-order valence-corrected chi connectivity index (χ3v) is 5.21. The molecule has 1 aromatic carbocycles. The van der Waals surface area contributed by atoms with Crippen LogP contribution >= 0.6 is 27.5 Å². The summed E-state index contributed by atoms with van der Waals surface area (Å²) in [7, 11) is 0. The Labute approximate surface area is 129 Å². The molecule has 2 atom stereocenters. The van der Waals surface area contributed by atoms with Gasteiger partial charge in [-0.05, 0) is 68.7 Å². The fraction of sp³-hybridized carbons (Fsp3) is 0.625. The molecule has 2 unspecified atom stereocenters. The fourth-order valence-corrected chi connectivity index (χ4v) is 3.48. The normalized spacial score (nSPS) is 21.4. The number of ether oxygens (including phenoxy) is 1. The van der Waals surface area contributed by atoms with E-state index in [1.807, 2.05) is 0 Å². The minimum atomic E-state index is 0.0947. The van der Waals surface area contributed by atoms with Gasteiger partial charge in [0.15, 0.2) is 0 Å². The van der Waals surface area contributed by atoms with Crippen molar-refractivity contribution >= 4 is 27.5 Å². The summed E-state index contributed by atoms with van der Waals surface area (Å²) in [6.07, 6.45) is 6.20. The smallest absolute Gasteiger partial charge is 0.0588 e. The summed E-state index contributed by atoms with van der Waals surface area (Å²) in [6.45, 7) is 5.17. The van der Waals surface area contributed by atoms with E-state index >= 15 is 0 Å². The predicted molar refractivity (Wildman–Crippen MR) is 85.0 cm³/mol. The van der Waals surface area contributed by atoms with Gasteiger partial charge in [0.25, 0.3) is 0 Å². The maximum Gasteiger partial charge on any atom is 0.0588 e. The lowest BCUT2D eigenvalue weighted by molar-refractivity contribution is 0.01000. The SMILES string of the molecule is Cc1cc(C(Cl)CCC2CCCCO2)c(C)cc1Br. The molecule has 0 aliphatic carbocycles. The van der Waals surface area contributed by atoms with Gasteiger partial charge >= 0.3 is 0 Å². The first-order valence-corrected chi connectivity index (χ1v) is 8.33. The Kier molecular flexibility index (Phi) is 5.73. The Bertz CT molecular complexity index is 427. The number of aryl methyl sites for hydroxylation is 2. The highest BCUT2D eigenvalue weighted by molar-refractivity contribution is 9.10. The van der Waals surface area contributed by atoms with Gasteiger partial charge in [0.1, 0.15) is 0 Å². The molecule has 0 spiro atoms. The quantitative estimate of drug-likeness (QED) is 0.636. The Morgan fingerprint density at radius 1 is 1.32 bits per heavy atom. The second kappa shape index (κ2) is 7.10. The summed E-state index contributed by atoms with van der Waals surface area (Å²) >= 11 is 10.2. The van der Waals surface area contributed by atoms with Crippen LogP contribution < -0.4 is 0 Å². The number of rotatable bonds is 4. The number of hydrogen-bond donors (Lipinski definition) is 0. The van der Waals surface area contributed by atoms with Crippen LogP contribution in [0.2, 0.25) is 0 Å². The molecular weight excluding hydrogens is 324 g/mol. The van der Waals surface area contributed by atoms with Gasteiger partial charge in [-0.2, -0.15) is 0 Å². The maximum absolute atomic E-state index is 6.58. The molecule has 1 fully saturated rings. The molecule has 0 aromatic heterocycles. The molecule has 0 radical (unpaired) electrons. The molecule has 2 rings (SSSR count). The lowest BCUT2D eigenvalue weighted by atomic mass is 9.97. The van der Waals surface area contributed by atoms with Crippen molar-refractivity contribution in [2.24, 2.45) is 0 Å². The van der Waals surface area contributed by atoms with E-state index in [1.54, 1.807) is 0 Å². The minimum Gasteiger partial charge on any atom is -0.378 e. The van der Waals surface area contributed by atoms with Gasteiger partial charge in [0.2, 0.25) is 0 Å². The van der Waals surface area contributed by atoms with Crippen molar-refractivity contribution < 1.29 is 4.74 Å². The monoisotopic (exact) mass is 344 g/mol. The molecule has 1 heterocycles. The summed E-state index contributed by atoms with van der Waals surface area (Å²) in [4.78, 5) is 0. The summed E-state index contributed by atoms with van der Waals surface area (Å²) in [5.41, 5.74) is 3.78. The zero-order valence-electron chi connectivity index (χ0n) is 11.7. The molecule has 3 heteroatoms. The second-order valence-electron chi connectivity index (χ2n) is 5.49. The van der Waals surface area contributed by atoms with E-state index in [0.717, 1.165) is 23.9 Å². The first-order valence-electron chi connectivity index (χ1n) is 7.10. The van der Waals surface area contributed by atoms with Crippen LogP contribution in [0.15, 0.2) is 16.6 Å². The first-order chi connectivity index (χ1) is 9.08. The minimum absolute atomic E-state index is 0.0947. The van der Waals surface area contributed by atoms with Gasteiger partial charge in [-0.1, -0.05) is 22.0 Å². The molecule has 0 amide bonds. The zero-order valence-corrected chi connectivity index (χ0v) is 14.1. The van der Waals surface area contributed by atoms with Crippen molar-refractivity contribution in [3.05, 3.63) is 33.3 Å².